The fourth-order valence-electron chi connectivity index (χ4n) is 11.5. The van der Waals surface area contributed by atoms with E-state index in [0.29, 0.717) is 6.42 Å². The Labute approximate surface area is 566 Å². The number of aliphatic hydroxyl groups is 5. The molecular weight excluding hydrogens is 1140 g/mol. The molecule has 7 atom stereocenters. The summed E-state index contributed by atoms with van der Waals surface area (Å²) in [6, 6.07) is -0.825. The van der Waals surface area contributed by atoms with Crippen molar-refractivity contribution in [3.63, 3.8) is 0 Å². The molecule has 0 aliphatic carbocycles. The number of rotatable bonds is 66. The summed E-state index contributed by atoms with van der Waals surface area (Å²) in [5.41, 5.74) is 0. The second kappa shape index (κ2) is 70.1. The lowest BCUT2D eigenvalue weighted by atomic mass is 9.99. The van der Waals surface area contributed by atoms with Gasteiger partial charge in [-0.2, -0.15) is 0 Å². The van der Waals surface area contributed by atoms with Gasteiger partial charge >= 0.3 is 0 Å². The maximum Gasteiger partial charge on any atom is 0.220 e. The average Bonchev–Trinajstić information content (AvgIpc) is 1.00. The molecule has 0 saturated carbocycles. The molecule has 1 amide bonds. The van der Waals surface area contributed by atoms with Gasteiger partial charge in [-0.05, 0) is 96.3 Å². The molecule has 9 nitrogen and oxygen atoms in total. The number of hydrogen-bond acceptors (Lipinski definition) is 8. The lowest BCUT2D eigenvalue weighted by Gasteiger charge is -2.40. The summed E-state index contributed by atoms with van der Waals surface area (Å²) in [5.74, 6) is -0.193. The normalized spacial score (nSPS) is 18.4. The molecular formula is C83H143NO8. The first-order valence-electron chi connectivity index (χ1n) is 38.4. The Morgan fingerprint density at radius 3 is 1.00 bits per heavy atom. The minimum Gasteiger partial charge on any atom is -0.394 e. The number of hydrogen-bond donors (Lipinski definition) is 6. The highest BCUT2D eigenvalue weighted by Crippen LogP contribution is 2.23. The first kappa shape index (κ1) is 86.3. The minimum atomic E-state index is -1.58. The van der Waals surface area contributed by atoms with Crippen LogP contribution >= 0.6 is 0 Å². The standard InChI is InChI=1S/C83H143NO8/c1-3-5-7-9-11-13-15-17-19-21-23-25-27-29-31-33-35-37-38-39-40-41-43-45-47-49-51-53-55-57-59-61-63-65-67-69-71-73-79(87)84-76(75-91-83-82(90)81(89)80(88)78(74-85)92-83)77(86)72-70-68-66-64-62-60-58-56-54-52-50-48-46-44-42-36-34-32-30-28-26-24-22-20-18-16-14-12-10-8-6-4-2/h5,7,11,13,17,19,23,25,29,31,35,37,39-40,43,45,49,51,55,57,70,72,76-78,80-83,85-86,88-90H,3-4,6,8-10,12,14-16,18,20-22,24,26-28,30,32-34,36,38,41-42,44,46-48,50,52-54,56,58-69,71,73-75H2,1-2H3,(H,84,87)/b7-5-,13-11-,19-17-,25-23-,31-29-,37-35-,40-39-,45-43-,51-49-,57-55-,72-70+. The van der Waals surface area contributed by atoms with Crippen LogP contribution in [0.4, 0.5) is 0 Å². The molecule has 1 heterocycles. The molecule has 7 unspecified atom stereocenters. The summed E-state index contributed by atoms with van der Waals surface area (Å²) >= 11 is 0. The van der Waals surface area contributed by atoms with E-state index >= 15 is 0 Å². The number of nitrogens with one attached hydrogen (secondary N) is 1. The van der Waals surface area contributed by atoms with Crippen molar-refractivity contribution in [1.29, 1.82) is 0 Å². The second-order valence-electron chi connectivity index (χ2n) is 26.1. The Morgan fingerprint density at radius 1 is 0.380 bits per heavy atom. The molecule has 6 N–H and O–H groups in total. The van der Waals surface area contributed by atoms with Gasteiger partial charge in [0.15, 0.2) is 6.29 Å². The van der Waals surface area contributed by atoms with E-state index in [9.17, 15) is 30.3 Å². The van der Waals surface area contributed by atoms with Gasteiger partial charge in [-0.3, -0.25) is 4.79 Å². The van der Waals surface area contributed by atoms with Crippen molar-refractivity contribution in [3.8, 4) is 0 Å². The summed E-state index contributed by atoms with van der Waals surface area (Å²) in [6.07, 6.45) is 100.0. The van der Waals surface area contributed by atoms with E-state index in [0.717, 1.165) is 128 Å². The number of unbranched alkanes of at least 4 members (excludes halogenated alkanes) is 36. The molecule has 528 valence electrons. The number of aliphatic hydroxyl groups excluding tert-OH is 5. The Balaban J connectivity index is 2.15. The minimum absolute atomic E-state index is 0.193. The molecule has 0 aromatic carbocycles. The lowest BCUT2D eigenvalue weighted by Crippen LogP contribution is -2.60. The molecule has 1 rings (SSSR count). The van der Waals surface area contributed by atoms with Crippen molar-refractivity contribution in [2.24, 2.45) is 0 Å². The quantitative estimate of drug-likeness (QED) is 0.0261. The number of allylic oxidation sites excluding steroid dienone is 21. The van der Waals surface area contributed by atoms with Crippen LogP contribution in [-0.4, -0.2) is 87.5 Å². The predicted molar refractivity (Wildman–Crippen MR) is 396 cm³/mol. The topological polar surface area (TPSA) is 149 Å². The van der Waals surface area contributed by atoms with E-state index in [-0.39, 0.29) is 12.5 Å². The van der Waals surface area contributed by atoms with Gasteiger partial charge < -0.3 is 40.3 Å². The van der Waals surface area contributed by atoms with Crippen molar-refractivity contribution < 1.29 is 39.8 Å². The summed E-state index contributed by atoms with van der Waals surface area (Å²) in [6.45, 7) is 3.69. The van der Waals surface area contributed by atoms with E-state index in [4.69, 9.17) is 9.47 Å². The Bertz CT molecular complexity index is 1920. The smallest absolute Gasteiger partial charge is 0.220 e. The highest BCUT2D eigenvalue weighted by Gasteiger charge is 2.44. The number of carbonyl (C=O) groups excluding carboxylic acids is 1. The maximum atomic E-state index is 13.2. The van der Waals surface area contributed by atoms with Crippen LogP contribution in [0.1, 0.15) is 328 Å². The molecule has 0 aromatic heterocycles. The van der Waals surface area contributed by atoms with E-state index in [1.807, 2.05) is 6.08 Å². The molecule has 9 heteroatoms. The molecule has 0 radical (unpaired) electrons. The molecule has 0 bridgehead atoms. The van der Waals surface area contributed by atoms with Gasteiger partial charge in [0.25, 0.3) is 0 Å². The van der Waals surface area contributed by atoms with Crippen LogP contribution < -0.4 is 5.32 Å². The van der Waals surface area contributed by atoms with Gasteiger partial charge in [0.1, 0.15) is 24.4 Å². The van der Waals surface area contributed by atoms with Gasteiger partial charge in [0, 0.05) is 6.42 Å². The zero-order valence-electron chi connectivity index (χ0n) is 59.3. The maximum absolute atomic E-state index is 13.2. The van der Waals surface area contributed by atoms with Crippen molar-refractivity contribution >= 4 is 5.91 Å². The van der Waals surface area contributed by atoms with E-state index in [1.165, 1.54) is 180 Å². The molecule has 92 heavy (non-hydrogen) atoms. The van der Waals surface area contributed by atoms with Crippen LogP contribution in [0.3, 0.4) is 0 Å². The van der Waals surface area contributed by atoms with E-state index in [2.05, 4.69) is 141 Å². The van der Waals surface area contributed by atoms with Gasteiger partial charge in [0.2, 0.25) is 5.91 Å². The molecule has 1 aliphatic rings. The molecule has 0 aromatic rings. The van der Waals surface area contributed by atoms with Crippen molar-refractivity contribution in [2.45, 2.75) is 371 Å². The summed E-state index contributed by atoms with van der Waals surface area (Å²) in [7, 11) is 0. The Morgan fingerprint density at radius 2 is 0.674 bits per heavy atom. The van der Waals surface area contributed by atoms with Gasteiger partial charge in [-0.15, -0.1) is 0 Å². The Hall–Kier alpha value is -3.67. The van der Waals surface area contributed by atoms with Crippen LogP contribution in [-0.2, 0) is 14.3 Å². The molecule has 1 aliphatic heterocycles. The average molecular weight is 1280 g/mol. The number of carbonyl (C=O) groups is 1. The Kier molecular flexibility index (Phi) is 65.8. The van der Waals surface area contributed by atoms with Gasteiger partial charge in [0.05, 0.1) is 25.4 Å². The molecule has 1 fully saturated rings. The highest BCUT2D eigenvalue weighted by atomic mass is 16.7. The van der Waals surface area contributed by atoms with E-state index in [1.54, 1.807) is 6.08 Å². The third-order valence-corrected chi connectivity index (χ3v) is 17.5. The summed E-state index contributed by atoms with van der Waals surface area (Å²) < 4.78 is 11.3. The highest BCUT2D eigenvalue weighted by molar-refractivity contribution is 5.76. The first-order valence-corrected chi connectivity index (χ1v) is 38.4. The van der Waals surface area contributed by atoms with Crippen LogP contribution in [0.25, 0.3) is 0 Å². The monoisotopic (exact) mass is 1280 g/mol. The lowest BCUT2D eigenvalue weighted by molar-refractivity contribution is -0.302. The van der Waals surface area contributed by atoms with Crippen LogP contribution in [0.2, 0.25) is 0 Å². The van der Waals surface area contributed by atoms with Crippen LogP contribution in [0.15, 0.2) is 134 Å². The fourth-order valence-corrected chi connectivity index (χ4v) is 11.5. The van der Waals surface area contributed by atoms with E-state index < -0.39 is 49.5 Å². The predicted octanol–water partition coefficient (Wildman–Crippen LogP) is 21.9. The largest absolute Gasteiger partial charge is 0.394 e. The fraction of sp³-hybridized carbons (Fsp3) is 0.723. The summed E-state index contributed by atoms with van der Waals surface area (Å²) in [5, 5.41) is 54.9. The first-order chi connectivity index (χ1) is 45.3. The number of ether oxygens (including phenoxy) is 2. The van der Waals surface area contributed by atoms with Crippen molar-refractivity contribution in [3.05, 3.63) is 134 Å². The SMILES string of the molecule is CC/C=C\C/C=C\C/C=C\C/C=C\C/C=C\C/C=C\C/C=C\C/C=C\C/C=C\C/C=C\CCCCCCCCC(=O)NC(COC1OC(CO)C(O)C(O)C1O)C(O)/C=C/CCCCCCCCCCCCCCCCCCCCCCCCCCCCCCCC. The zero-order chi connectivity index (χ0) is 66.4. The third kappa shape index (κ3) is 57.7. The van der Waals surface area contributed by atoms with Crippen LogP contribution in [0.5, 0.6) is 0 Å². The van der Waals surface area contributed by atoms with Crippen molar-refractivity contribution in [2.75, 3.05) is 13.2 Å². The third-order valence-electron chi connectivity index (χ3n) is 17.5. The van der Waals surface area contributed by atoms with Gasteiger partial charge in [-0.25, -0.2) is 0 Å². The molecule has 1 saturated heterocycles. The number of amides is 1. The second-order valence-corrected chi connectivity index (χ2v) is 26.1. The van der Waals surface area contributed by atoms with Crippen molar-refractivity contribution in [1.82, 2.24) is 5.32 Å². The molecule has 0 spiro atoms. The summed E-state index contributed by atoms with van der Waals surface area (Å²) in [4.78, 5) is 13.2. The zero-order valence-corrected chi connectivity index (χ0v) is 59.3. The van der Waals surface area contributed by atoms with Crippen LogP contribution in [0, 0.1) is 0 Å². The van der Waals surface area contributed by atoms with Gasteiger partial charge in [-0.1, -0.05) is 359 Å².